The molecule has 0 aliphatic carbocycles. The largest absolute Gasteiger partial charge is 0.476 e. The molecular weight excluding hydrogens is 302 g/mol. The van der Waals surface area contributed by atoms with Gasteiger partial charge in [-0.3, -0.25) is 4.68 Å². The second kappa shape index (κ2) is 6.10. The Morgan fingerprint density at radius 1 is 1.36 bits per heavy atom. The minimum Gasteiger partial charge on any atom is -0.476 e. The highest BCUT2D eigenvalue weighted by atomic mass is 35.5. The molecule has 2 heterocycles. The highest BCUT2D eigenvalue weighted by Crippen LogP contribution is 2.22. The van der Waals surface area contributed by atoms with Crippen LogP contribution in [0.25, 0.3) is 0 Å². The first-order valence-corrected chi connectivity index (χ1v) is 7.67. The van der Waals surface area contributed by atoms with E-state index in [0.717, 1.165) is 35.7 Å². The second-order valence-corrected chi connectivity index (χ2v) is 6.10. The Morgan fingerprint density at radius 3 is 2.77 bits per heavy atom. The number of aromatic nitrogens is 2. The van der Waals surface area contributed by atoms with Crippen LogP contribution in [0.1, 0.15) is 27.3 Å². The van der Waals surface area contributed by atoms with Crippen molar-refractivity contribution in [2.24, 2.45) is 0 Å². The van der Waals surface area contributed by atoms with Gasteiger partial charge in [0.1, 0.15) is 0 Å². The van der Waals surface area contributed by atoms with Crippen LogP contribution in [0, 0.1) is 0 Å². The number of benzene rings is 1. The molecule has 1 N–H and O–H groups in total. The van der Waals surface area contributed by atoms with Gasteiger partial charge in [-0.15, -0.1) is 0 Å². The molecule has 1 aliphatic heterocycles. The number of hydrogen-bond donors (Lipinski definition) is 1. The monoisotopic (exact) mass is 319 g/mol. The first kappa shape index (κ1) is 15.1. The van der Waals surface area contributed by atoms with Gasteiger partial charge < -0.3 is 10.0 Å². The van der Waals surface area contributed by atoms with Crippen LogP contribution in [-0.4, -0.2) is 39.3 Å². The zero-order valence-electron chi connectivity index (χ0n) is 12.4. The molecule has 1 aromatic carbocycles. The Labute approximate surface area is 134 Å². The fourth-order valence-corrected chi connectivity index (χ4v) is 2.99. The maximum Gasteiger partial charge on any atom is 0.356 e. The van der Waals surface area contributed by atoms with Gasteiger partial charge >= 0.3 is 5.97 Å². The van der Waals surface area contributed by atoms with E-state index in [1.165, 1.54) is 5.56 Å². The zero-order valence-corrected chi connectivity index (χ0v) is 13.2. The van der Waals surface area contributed by atoms with E-state index in [1.807, 2.05) is 36.0 Å². The maximum absolute atomic E-state index is 11.4. The van der Waals surface area contributed by atoms with Gasteiger partial charge in [-0.2, -0.15) is 5.10 Å². The van der Waals surface area contributed by atoms with E-state index in [-0.39, 0.29) is 5.69 Å². The number of aryl methyl sites for hydroxylation is 2. The number of halogens is 1. The molecule has 22 heavy (non-hydrogen) atoms. The zero-order chi connectivity index (χ0) is 15.7. The summed E-state index contributed by atoms with van der Waals surface area (Å²) in [5.41, 5.74) is 3.28. The molecule has 0 bridgehead atoms. The third-order valence-electron chi connectivity index (χ3n) is 4.05. The Hall–Kier alpha value is -1.85. The fraction of sp³-hybridized carbons (Fsp3) is 0.375. The molecule has 1 aromatic heterocycles. The first-order valence-electron chi connectivity index (χ1n) is 7.29. The van der Waals surface area contributed by atoms with Crippen molar-refractivity contribution in [2.45, 2.75) is 25.9 Å². The molecule has 0 fully saturated rings. The number of hydrogen-bond acceptors (Lipinski definition) is 3. The van der Waals surface area contributed by atoms with Crippen molar-refractivity contribution < 1.29 is 9.90 Å². The summed E-state index contributed by atoms with van der Waals surface area (Å²) in [6.45, 7) is 2.26. The molecule has 6 heteroatoms. The van der Waals surface area contributed by atoms with Crippen LogP contribution in [-0.2, 0) is 25.9 Å². The summed E-state index contributed by atoms with van der Waals surface area (Å²) in [4.78, 5) is 13.5. The number of fused-ring (bicyclic) bond motifs is 1. The Kier molecular flexibility index (Phi) is 4.18. The maximum atomic E-state index is 11.4. The van der Waals surface area contributed by atoms with E-state index in [0.29, 0.717) is 13.1 Å². The molecule has 0 unspecified atom stereocenters. The van der Waals surface area contributed by atoms with Crippen molar-refractivity contribution in [1.29, 1.82) is 0 Å². The Morgan fingerprint density at radius 2 is 2.09 bits per heavy atom. The summed E-state index contributed by atoms with van der Waals surface area (Å²) in [5.74, 6) is -0.947. The predicted molar refractivity (Wildman–Crippen MR) is 84.4 cm³/mol. The van der Waals surface area contributed by atoms with E-state index in [4.69, 9.17) is 11.6 Å². The van der Waals surface area contributed by atoms with Gasteiger partial charge in [0.05, 0.1) is 0 Å². The lowest BCUT2D eigenvalue weighted by atomic mass is 10.1. The van der Waals surface area contributed by atoms with Gasteiger partial charge in [-0.25, -0.2) is 4.79 Å². The van der Waals surface area contributed by atoms with Gasteiger partial charge in [0.2, 0.25) is 0 Å². The standard InChI is InChI=1S/C16H18ClN3O2/c1-19-8-7-14-13(10-19)15(16(21)22)18-20(14)9-6-11-2-4-12(17)5-3-11/h2-5H,6-10H2,1H3,(H,21,22). The third-order valence-corrected chi connectivity index (χ3v) is 4.30. The quantitative estimate of drug-likeness (QED) is 0.940. The van der Waals surface area contributed by atoms with E-state index in [2.05, 4.69) is 10.00 Å². The molecular formula is C16H18ClN3O2. The molecule has 2 aromatic rings. The van der Waals surface area contributed by atoms with E-state index >= 15 is 0 Å². The number of rotatable bonds is 4. The van der Waals surface area contributed by atoms with Gasteiger partial charge in [0.25, 0.3) is 0 Å². The number of carboxylic acids is 1. The number of carbonyl (C=O) groups is 1. The number of carboxylic acid groups (broad SMARTS) is 1. The summed E-state index contributed by atoms with van der Waals surface area (Å²) < 4.78 is 1.86. The van der Waals surface area contributed by atoms with Crippen molar-refractivity contribution in [2.75, 3.05) is 13.6 Å². The van der Waals surface area contributed by atoms with E-state index in [1.54, 1.807) is 0 Å². The minimum atomic E-state index is -0.947. The van der Waals surface area contributed by atoms with Crippen LogP contribution < -0.4 is 0 Å². The van der Waals surface area contributed by atoms with Crippen molar-refractivity contribution in [1.82, 2.24) is 14.7 Å². The van der Waals surface area contributed by atoms with E-state index in [9.17, 15) is 9.90 Å². The topological polar surface area (TPSA) is 58.4 Å². The first-order chi connectivity index (χ1) is 10.5. The lowest BCUT2D eigenvalue weighted by molar-refractivity contribution is 0.0687. The van der Waals surface area contributed by atoms with Crippen LogP contribution >= 0.6 is 11.6 Å². The highest BCUT2D eigenvalue weighted by molar-refractivity contribution is 6.30. The average Bonchev–Trinajstić information content (AvgIpc) is 2.85. The Bertz CT molecular complexity index is 694. The van der Waals surface area contributed by atoms with E-state index < -0.39 is 5.97 Å². The molecule has 0 spiro atoms. The molecule has 0 radical (unpaired) electrons. The number of nitrogens with zero attached hydrogens (tertiary/aromatic N) is 3. The van der Waals surface area contributed by atoms with Crippen LogP contribution in [0.5, 0.6) is 0 Å². The molecule has 5 nitrogen and oxygen atoms in total. The number of likely N-dealkylation sites (N-methyl/N-ethyl adjacent to an activating group) is 1. The van der Waals surface area contributed by atoms with Crippen molar-refractivity contribution in [3.8, 4) is 0 Å². The summed E-state index contributed by atoms with van der Waals surface area (Å²) in [7, 11) is 2.00. The van der Waals surface area contributed by atoms with Gasteiger partial charge in [-0.1, -0.05) is 23.7 Å². The van der Waals surface area contributed by atoms with Gasteiger partial charge in [0.15, 0.2) is 5.69 Å². The van der Waals surface area contributed by atoms with Crippen molar-refractivity contribution >= 4 is 17.6 Å². The smallest absolute Gasteiger partial charge is 0.356 e. The molecule has 1 aliphatic rings. The van der Waals surface area contributed by atoms with Crippen molar-refractivity contribution in [3.05, 3.63) is 51.8 Å². The molecule has 0 saturated carbocycles. The summed E-state index contributed by atoms with van der Waals surface area (Å²) in [6, 6.07) is 7.72. The molecule has 0 amide bonds. The highest BCUT2D eigenvalue weighted by Gasteiger charge is 2.26. The summed E-state index contributed by atoms with van der Waals surface area (Å²) in [5, 5.41) is 14.4. The van der Waals surface area contributed by atoms with Crippen LogP contribution in [0.2, 0.25) is 5.02 Å². The summed E-state index contributed by atoms with van der Waals surface area (Å²) in [6.07, 6.45) is 1.65. The average molecular weight is 320 g/mol. The molecule has 0 atom stereocenters. The number of aromatic carboxylic acids is 1. The summed E-state index contributed by atoms with van der Waals surface area (Å²) >= 11 is 5.89. The second-order valence-electron chi connectivity index (χ2n) is 5.67. The predicted octanol–water partition coefficient (Wildman–Crippen LogP) is 2.47. The fourth-order valence-electron chi connectivity index (χ4n) is 2.87. The van der Waals surface area contributed by atoms with Gasteiger partial charge in [-0.05, 0) is 31.2 Å². The normalized spacial score (nSPS) is 14.8. The lowest BCUT2D eigenvalue weighted by Crippen LogP contribution is -2.28. The van der Waals surface area contributed by atoms with Crippen LogP contribution in [0.4, 0.5) is 0 Å². The SMILES string of the molecule is CN1CCc2c(c(C(=O)O)nn2CCc2ccc(Cl)cc2)C1. The van der Waals surface area contributed by atoms with Gasteiger partial charge in [0, 0.05) is 42.3 Å². The molecule has 116 valence electrons. The molecule has 0 saturated heterocycles. The van der Waals surface area contributed by atoms with Crippen LogP contribution in [0.3, 0.4) is 0 Å². The minimum absolute atomic E-state index is 0.192. The van der Waals surface area contributed by atoms with Crippen LogP contribution in [0.15, 0.2) is 24.3 Å². The third kappa shape index (κ3) is 3.00. The lowest BCUT2D eigenvalue weighted by Gasteiger charge is -2.23. The van der Waals surface area contributed by atoms with Crippen molar-refractivity contribution in [3.63, 3.8) is 0 Å². The molecule has 3 rings (SSSR count). The Balaban J connectivity index is 1.83.